The fourth-order valence-corrected chi connectivity index (χ4v) is 3.91. The molecular formula is C19H25NO3S. The van der Waals surface area contributed by atoms with E-state index in [2.05, 4.69) is 4.72 Å². The number of benzene rings is 2. The van der Waals surface area contributed by atoms with E-state index in [1.807, 2.05) is 57.2 Å². The minimum atomic E-state index is -3.57. The molecule has 1 atom stereocenters. The second kappa shape index (κ2) is 7.81. The Labute approximate surface area is 144 Å². The van der Waals surface area contributed by atoms with Gasteiger partial charge >= 0.3 is 0 Å². The summed E-state index contributed by atoms with van der Waals surface area (Å²) in [5, 5.41) is 0. The van der Waals surface area contributed by atoms with E-state index in [1.54, 1.807) is 19.2 Å². The Morgan fingerprint density at radius 2 is 1.58 bits per heavy atom. The van der Waals surface area contributed by atoms with E-state index in [1.165, 1.54) is 0 Å². The molecule has 5 heteroatoms. The van der Waals surface area contributed by atoms with Crippen molar-refractivity contribution >= 4 is 10.0 Å². The number of methoxy groups -OCH3 is 1. The molecule has 0 aliphatic heterocycles. The van der Waals surface area contributed by atoms with Crippen molar-refractivity contribution in [3.63, 3.8) is 0 Å². The van der Waals surface area contributed by atoms with Gasteiger partial charge in [0.2, 0.25) is 10.0 Å². The van der Waals surface area contributed by atoms with Gasteiger partial charge in [-0.2, -0.15) is 0 Å². The van der Waals surface area contributed by atoms with Crippen LogP contribution in [0.2, 0.25) is 0 Å². The highest BCUT2D eigenvalue weighted by Crippen LogP contribution is 2.26. The number of aryl methyl sites for hydroxylation is 1. The fourth-order valence-electron chi connectivity index (χ4n) is 2.54. The third-order valence-electron chi connectivity index (χ3n) is 4.07. The Morgan fingerprint density at radius 3 is 2.04 bits per heavy atom. The maximum Gasteiger partial charge on any atom is 0.241 e. The molecule has 1 unspecified atom stereocenters. The summed E-state index contributed by atoms with van der Waals surface area (Å²) in [6.07, 6.45) is 0.883. The first-order chi connectivity index (χ1) is 11.4. The topological polar surface area (TPSA) is 55.4 Å². The van der Waals surface area contributed by atoms with Gasteiger partial charge in [-0.25, -0.2) is 13.1 Å². The van der Waals surface area contributed by atoms with Crippen LogP contribution in [0, 0.1) is 5.92 Å². The summed E-state index contributed by atoms with van der Waals surface area (Å²) in [6, 6.07) is 14.2. The molecule has 0 heterocycles. The second-order valence-electron chi connectivity index (χ2n) is 6.11. The van der Waals surface area contributed by atoms with Gasteiger partial charge in [0.15, 0.2) is 0 Å². The average molecular weight is 347 g/mol. The summed E-state index contributed by atoms with van der Waals surface area (Å²) in [4.78, 5) is 0.291. The third kappa shape index (κ3) is 4.36. The number of sulfonamides is 1. The van der Waals surface area contributed by atoms with E-state index in [4.69, 9.17) is 4.74 Å². The lowest BCUT2D eigenvalue weighted by atomic mass is 9.97. The number of rotatable bonds is 7. The standard InChI is InChI=1S/C19H25NO3S/c1-5-15-6-12-18(13-7-15)24(21,22)20-19(14(2)3)16-8-10-17(23-4)11-9-16/h6-14,19-20H,5H2,1-4H3. The van der Waals surface area contributed by atoms with E-state index in [0.29, 0.717) is 4.90 Å². The maximum absolute atomic E-state index is 12.7. The van der Waals surface area contributed by atoms with Gasteiger partial charge in [-0.05, 0) is 47.7 Å². The molecule has 24 heavy (non-hydrogen) atoms. The fraction of sp³-hybridized carbons (Fsp3) is 0.368. The highest BCUT2D eigenvalue weighted by Gasteiger charge is 2.24. The quantitative estimate of drug-likeness (QED) is 0.825. The number of nitrogens with one attached hydrogen (secondary N) is 1. The van der Waals surface area contributed by atoms with E-state index >= 15 is 0 Å². The van der Waals surface area contributed by atoms with Crippen molar-refractivity contribution in [1.29, 1.82) is 0 Å². The lowest BCUT2D eigenvalue weighted by Crippen LogP contribution is -2.31. The minimum absolute atomic E-state index is 0.114. The van der Waals surface area contributed by atoms with Crippen molar-refractivity contribution in [2.24, 2.45) is 5.92 Å². The molecule has 1 N–H and O–H groups in total. The van der Waals surface area contributed by atoms with Crippen LogP contribution >= 0.6 is 0 Å². The molecule has 2 aromatic rings. The molecule has 0 spiro atoms. The number of ether oxygens (including phenoxy) is 1. The van der Waals surface area contributed by atoms with Gasteiger partial charge in [0, 0.05) is 6.04 Å². The van der Waals surface area contributed by atoms with Crippen LogP contribution in [0.3, 0.4) is 0 Å². The van der Waals surface area contributed by atoms with Crippen molar-refractivity contribution in [2.45, 2.75) is 38.1 Å². The van der Waals surface area contributed by atoms with Crippen LogP contribution < -0.4 is 9.46 Å². The van der Waals surface area contributed by atoms with Gasteiger partial charge in [-0.15, -0.1) is 0 Å². The first-order valence-corrected chi connectivity index (χ1v) is 9.61. The first kappa shape index (κ1) is 18.5. The van der Waals surface area contributed by atoms with Gasteiger partial charge in [0.05, 0.1) is 12.0 Å². The Bertz CT molecular complexity index is 750. The molecule has 2 rings (SSSR count). The highest BCUT2D eigenvalue weighted by molar-refractivity contribution is 7.89. The molecule has 0 bridgehead atoms. The van der Waals surface area contributed by atoms with Crippen molar-refractivity contribution in [1.82, 2.24) is 4.72 Å². The summed E-state index contributed by atoms with van der Waals surface area (Å²) in [5.74, 6) is 0.863. The van der Waals surface area contributed by atoms with Gasteiger partial charge in [0.1, 0.15) is 5.75 Å². The number of hydrogen-bond acceptors (Lipinski definition) is 3. The van der Waals surface area contributed by atoms with Crippen molar-refractivity contribution < 1.29 is 13.2 Å². The molecule has 0 saturated heterocycles. The first-order valence-electron chi connectivity index (χ1n) is 8.12. The summed E-state index contributed by atoms with van der Waals surface area (Å²) < 4.78 is 33.4. The molecule has 0 fully saturated rings. The molecule has 0 saturated carbocycles. The molecule has 0 amide bonds. The molecule has 130 valence electrons. The van der Waals surface area contributed by atoms with Gasteiger partial charge < -0.3 is 4.74 Å². The van der Waals surface area contributed by atoms with E-state index < -0.39 is 10.0 Å². The van der Waals surface area contributed by atoms with Crippen LogP contribution in [0.4, 0.5) is 0 Å². The Kier molecular flexibility index (Phi) is 6.02. The van der Waals surface area contributed by atoms with Crippen LogP contribution in [0.1, 0.15) is 37.9 Å². The van der Waals surface area contributed by atoms with Crippen LogP contribution in [0.25, 0.3) is 0 Å². The average Bonchev–Trinajstić information content (AvgIpc) is 2.59. The van der Waals surface area contributed by atoms with E-state index in [0.717, 1.165) is 23.3 Å². The predicted molar refractivity (Wildman–Crippen MR) is 96.7 cm³/mol. The zero-order chi connectivity index (χ0) is 17.7. The van der Waals surface area contributed by atoms with Gasteiger partial charge in [-0.3, -0.25) is 0 Å². The smallest absolute Gasteiger partial charge is 0.241 e. The molecular weight excluding hydrogens is 322 g/mol. The predicted octanol–water partition coefficient (Wildman–Crippen LogP) is 3.93. The monoisotopic (exact) mass is 347 g/mol. The largest absolute Gasteiger partial charge is 0.497 e. The van der Waals surface area contributed by atoms with Crippen LogP contribution in [0.15, 0.2) is 53.4 Å². The Hall–Kier alpha value is -1.85. The van der Waals surface area contributed by atoms with Crippen LogP contribution in [-0.4, -0.2) is 15.5 Å². The van der Waals surface area contributed by atoms with Crippen molar-refractivity contribution in [3.8, 4) is 5.75 Å². The molecule has 0 aromatic heterocycles. The summed E-state index contributed by atoms with van der Waals surface area (Å²) in [7, 11) is -1.97. The SMILES string of the molecule is CCc1ccc(S(=O)(=O)NC(c2ccc(OC)cc2)C(C)C)cc1. The summed E-state index contributed by atoms with van der Waals surface area (Å²) in [5.41, 5.74) is 2.03. The zero-order valence-electron chi connectivity index (χ0n) is 14.6. The zero-order valence-corrected chi connectivity index (χ0v) is 15.4. The summed E-state index contributed by atoms with van der Waals surface area (Å²) >= 11 is 0. The summed E-state index contributed by atoms with van der Waals surface area (Å²) in [6.45, 7) is 6.04. The van der Waals surface area contributed by atoms with Gasteiger partial charge in [-0.1, -0.05) is 45.0 Å². The second-order valence-corrected chi connectivity index (χ2v) is 7.83. The third-order valence-corrected chi connectivity index (χ3v) is 5.52. The van der Waals surface area contributed by atoms with Crippen molar-refractivity contribution in [3.05, 3.63) is 59.7 Å². The van der Waals surface area contributed by atoms with E-state index in [9.17, 15) is 8.42 Å². The van der Waals surface area contributed by atoms with Gasteiger partial charge in [0.25, 0.3) is 0 Å². The molecule has 0 aliphatic carbocycles. The lowest BCUT2D eigenvalue weighted by Gasteiger charge is -2.23. The van der Waals surface area contributed by atoms with E-state index in [-0.39, 0.29) is 12.0 Å². The Morgan fingerprint density at radius 1 is 1.00 bits per heavy atom. The molecule has 2 aromatic carbocycles. The van der Waals surface area contributed by atoms with Crippen molar-refractivity contribution in [2.75, 3.05) is 7.11 Å². The lowest BCUT2D eigenvalue weighted by molar-refractivity contribution is 0.413. The maximum atomic E-state index is 12.7. The van der Waals surface area contributed by atoms with Crippen LogP contribution in [0.5, 0.6) is 5.75 Å². The molecule has 0 radical (unpaired) electrons. The van der Waals surface area contributed by atoms with Crippen LogP contribution in [-0.2, 0) is 16.4 Å². The normalized spacial score (nSPS) is 13.0. The highest BCUT2D eigenvalue weighted by atomic mass is 32.2. The molecule has 4 nitrogen and oxygen atoms in total. The Balaban J connectivity index is 2.27. The molecule has 0 aliphatic rings. The number of hydrogen-bond donors (Lipinski definition) is 1. The minimum Gasteiger partial charge on any atom is -0.497 e.